The van der Waals surface area contributed by atoms with E-state index in [1.807, 2.05) is 6.92 Å². The highest BCUT2D eigenvalue weighted by molar-refractivity contribution is 5.32. The Morgan fingerprint density at radius 3 is 2.65 bits per heavy atom. The highest BCUT2D eigenvalue weighted by atomic mass is 19.4. The van der Waals surface area contributed by atoms with Gasteiger partial charge in [0.15, 0.2) is 0 Å². The summed E-state index contributed by atoms with van der Waals surface area (Å²) >= 11 is 0. The molecule has 20 heavy (non-hydrogen) atoms. The lowest BCUT2D eigenvalue weighted by Crippen LogP contribution is -2.24. The molecule has 108 valence electrons. The molecule has 0 aliphatic heterocycles. The lowest BCUT2D eigenvalue weighted by atomic mass is 10.0. The molecule has 1 atom stereocenters. The van der Waals surface area contributed by atoms with E-state index >= 15 is 0 Å². The van der Waals surface area contributed by atoms with Crippen molar-refractivity contribution in [3.8, 4) is 0 Å². The number of nitrogens with zero attached hydrogens (tertiary/aromatic N) is 3. The predicted octanol–water partition coefficient (Wildman–Crippen LogP) is 2.53. The van der Waals surface area contributed by atoms with Crippen molar-refractivity contribution in [2.75, 3.05) is 6.54 Å². The van der Waals surface area contributed by atoms with Gasteiger partial charge in [-0.1, -0.05) is 24.3 Å². The first-order valence-corrected chi connectivity index (χ1v) is 6.18. The third-order valence-corrected chi connectivity index (χ3v) is 3.00. The fourth-order valence-corrected chi connectivity index (χ4v) is 2.05. The van der Waals surface area contributed by atoms with Gasteiger partial charge in [-0.3, -0.25) is 4.68 Å². The fourth-order valence-electron chi connectivity index (χ4n) is 2.05. The molecule has 1 N–H and O–H groups in total. The molecule has 2 aromatic rings. The van der Waals surface area contributed by atoms with Crippen LogP contribution in [-0.2, 0) is 13.2 Å². The van der Waals surface area contributed by atoms with Crippen molar-refractivity contribution in [1.82, 2.24) is 20.3 Å². The van der Waals surface area contributed by atoms with E-state index in [1.54, 1.807) is 24.0 Å². The molecule has 0 spiro atoms. The number of aromatic nitrogens is 3. The summed E-state index contributed by atoms with van der Waals surface area (Å²) in [7, 11) is 1.71. The highest BCUT2D eigenvalue weighted by Gasteiger charge is 2.31. The fraction of sp³-hybridized carbons (Fsp3) is 0.385. The molecule has 1 unspecified atom stereocenters. The number of benzene rings is 1. The number of hydrogen-bond acceptors (Lipinski definition) is 3. The van der Waals surface area contributed by atoms with Crippen LogP contribution in [0.25, 0.3) is 0 Å². The smallest absolute Gasteiger partial charge is 0.305 e. The zero-order chi connectivity index (χ0) is 14.8. The van der Waals surface area contributed by atoms with Crippen LogP contribution in [0.5, 0.6) is 0 Å². The van der Waals surface area contributed by atoms with Gasteiger partial charge in [-0.25, -0.2) is 0 Å². The van der Waals surface area contributed by atoms with E-state index in [0.717, 1.165) is 12.1 Å². The van der Waals surface area contributed by atoms with Crippen LogP contribution in [0.3, 0.4) is 0 Å². The van der Waals surface area contributed by atoms with E-state index in [9.17, 15) is 13.2 Å². The topological polar surface area (TPSA) is 42.7 Å². The lowest BCUT2D eigenvalue weighted by Gasteiger charge is -2.19. The van der Waals surface area contributed by atoms with Gasteiger partial charge in [-0.15, -0.1) is 5.10 Å². The summed E-state index contributed by atoms with van der Waals surface area (Å²) in [5, 5.41) is 10.7. The standard InChI is InChI=1S/C13H15F3N4/c1-3-17-12(11-8-18-19-20(11)2)9-5-4-6-10(7-9)13(14,15)16/h4-8,12,17H,3H2,1-2H3. The second-order valence-electron chi connectivity index (χ2n) is 4.40. The first-order chi connectivity index (χ1) is 9.43. The van der Waals surface area contributed by atoms with Gasteiger partial charge in [0.25, 0.3) is 0 Å². The Labute approximate surface area is 114 Å². The van der Waals surface area contributed by atoms with Gasteiger partial charge in [0.2, 0.25) is 0 Å². The normalized spacial score (nSPS) is 13.4. The zero-order valence-electron chi connectivity index (χ0n) is 11.1. The van der Waals surface area contributed by atoms with Crippen LogP contribution in [0.15, 0.2) is 30.5 Å². The average Bonchev–Trinajstić information content (AvgIpc) is 2.81. The van der Waals surface area contributed by atoms with Gasteiger partial charge in [-0.2, -0.15) is 13.2 Å². The summed E-state index contributed by atoms with van der Waals surface area (Å²) in [5.74, 6) is 0. The molecule has 2 rings (SSSR count). The quantitative estimate of drug-likeness (QED) is 0.938. The minimum absolute atomic E-state index is 0.373. The SMILES string of the molecule is CCNC(c1cccc(C(F)(F)F)c1)c1cnnn1C. The van der Waals surface area contributed by atoms with Gasteiger partial charge >= 0.3 is 6.18 Å². The summed E-state index contributed by atoms with van der Waals surface area (Å²) in [4.78, 5) is 0. The minimum Gasteiger partial charge on any atom is -0.305 e. The lowest BCUT2D eigenvalue weighted by molar-refractivity contribution is -0.137. The number of alkyl halides is 3. The van der Waals surface area contributed by atoms with Crippen LogP contribution in [0, 0.1) is 0 Å². The van der Waals surface area contributed by atoms with Crippen LogP contribution < -0.4 is 5.32 Å². The van der Waals surface area contributed by atoms with E-state index in [0.29, 0.717) is 17.8 Å². The molecule has 0 fully saturated rings. The molecule has 0 saturated heterocycles. The average molecular weight is 284 g/mol. The Hall–Kier alpha value is -1.89. The molecular weight excluding hydrogens is 269 g/mol. The zero-order valence-corrected chi connectivity index (χ0v) is 11.1. The van der Waals surface area contributed by atoms with E-state index < -0.39 is 11.7 Å². The number of hydrogen-bond donors (Lipinski definition) is 1. The molecule has 0 saturated carbocycles. The molecule has 0 aliphatic rings. The van der Waals surface area contributed by atoms with Crippen LogP contribution in [-0.4, -0.2) is 21.5 Å². The third-order valence-electron chi connectivity index (χ3n) is 3.00. The van der Waals surface area contributed by atoms with E-state index in [4.69, 9.17) is 0 Å². The van der Waals surface area contributed by atoms with Crippen LogP contribution in [0.1, 0.15) is 29.8 Å². The van der Waals surface area contributed by atoms with Crippen molar-refractivity contribution >= 4 is 0 Å². The van der Waals surface area contributed by atoms with Gasteiger partial charge in [0, 0.05) is 7.05 Å². The van der Waals surface area contributed by atoms with Crippen LogP contribution in [0.4, 0.5) is 13.2 Å². The molecule has 4 nitrogen and oxygen atoms in total. The van der Waals surface area contributed by atoms with Crippen molar-refractivity contribution < 1.29 is 13.2 Å². The molecule has 1 aromatic heterocycles. The van der Waals surface area contributed by atoms with Gasteiger partial charge in [0.1, 0.15) is 0 Å². The van der Waals surface area contributed by atoms with Crippen molar-refractivity contribution in [2.45, 2.75) is 19.1 Å². The van der Waals surface area contributed by atoms with Crippen molar-refractivity contribution in [3.05, 3.63) is 47.3 Å². The Kier molecular flexibility index (Phi) is 4.08. The number of halogens is 3. The first kappa shape index (κ1) is 14.5. The second kappa shape index (κ2) is 5.62. The molecular formula is C13H15F3N4. The minimum atomic E-state index is -4.35. The number of nitrogens with one attached hydrogen (secondary N) is 1. The maximum absolute atomic E-state index is 12.8. The highest BCUT2D eigenvalue weighted by Crippen LogP contribution is 2.31. The number of rotatable bonds is 4. The van der Waals surface area contributed by atoms with E-state index in [-0.39, 0.29) is 6.04 Å². The summed E-state index contributed by atoms with van der Waals surface area (Å²) in [5.41, 5.74) is 0.589. The molecule has 0 radical (unpaired) electrons. The van der Waals surface area contributed by atoms with Crippen LogP contribution >= 0.6 is 0 Å². The predicted molar refractivity (Wildman–Crippen MR) is 68.0 cm³/mol. The van der Waals surface area contributed by atoms with Crippen molar-refractivity contribution in [1.29, 1.82) is 0 Å². The Bertz CT molecular complexity index is 577. The monoisotopic (exact) mass is 284 g/mol. The van der Waals surface area contributed by atoms with E-state index in [1.165, 1.54) is 6.07 Å². The molecule has 0 bridgehead atoms. The van der Waals surface area contributed by atoms with Crippen LogP contribution in [0.2, 0.25) is 0 Å². The first-order valence-electron chi connectivity index (χ1n) is 6.18. The summed E-state index contributed by atoms with van der Waals surface area (Å²) < 4.78 is 39.9. The largest absolute Gasteiger partial charge is 0.416 e. The second-order valence-corrected chi connectivity index (χ2v) is 4.40. The third kappa shape index (κ3) is 2.98. The van der Waals surface area contributed by atoms with Gasteiger partial charge in [-0.05, 0) is 24.2 Å². The summed E-state index contributed by atoms with van der Waals surface area (Å²) in [6, 6.07) is 4.92. The van der Waals surface area contributed by atoms with Crippen molar-refractivity contribution in [3.63, 3.8) is 0 Å². The Balaban J connectivity index is 2.43. The molecule has 1 aromatic carbocycles. The van der Waals surface area contributed by atoms with E-state index in [2.05, 4.69) is 15.6 Å². The number of aryl methyl sites for hydroxylation is 1. The van der Waals surface area contributed by atoms with Gasteiger partial charge < -0.3 is 5.32 Å². The molecule has 1 heterocycles. The Morgan fingerprint density at radius 2 is 2.10 bits per heavy atom. The van der Waals surface area contributed by atoms with Crippen molar-refractivity contribution in [2.24, 2.45) is 7.05 Å². The van der Waals surface area contributed by atoms with Gasteiger partial charge in [0.05, 0.1) is 23.5 Å². The Morgan fingerprint density at radius 1 is 1.35 bits per heavy atom. The molecule has 0 aliphatic carbocycles. The molecule has 7 heteroatoms. The summed E-state index contributed by atoms with van der Waals surface area (Å²) in [6.45, 7) is 2.51. The maximum Gasteiger partial charge on any atom is 0.416 e. The maximum atomic E-state index is 12.8. The molecule has 0 amide bonds. The summed E-state index contributed by atoms with van der Waals surface area (Å²) in [6.07, 6.45) is -2.80.